The molecule has 0 aromatic heterocycles. The maximum absolute atomic E-state index is 13.6. The van der Waals surface area contributed by atoms with Gasteiger partial charge in [0, 0.05) is 30.6 Å². The van der Waals surface area contributed by atoms with Gasteiger partial charge in [0.15, 0.2) is 5.78 Å². The molecular weight excluding hydrogens is 462 g/mol. The van der Waals surface area contributed by atoms with Crippen molar-refractivity contribution >= 4 is 11.7 Å². The molecule has 1 amide bonds. The van der Waals surface area contributed by atoms with E-state index in [0.29, 0.717) is 11.1 Å². The first kappa shape index (κ1) is 25.7. The van der Waals surface area contributed by atoms with Crippen molar-refractivity contribution in [2.75, 3.05) is 6.54 Å². The third kappa shape index (κ3) is 6.04. The quantitative estimate of drug-likeness (QED) is 0.364. The molecule has 7 heteroatoms. The zero-order valence-electron chi connectivity index (χ0n) is 20.4. The van der Waals surface area contributed by atoms with Crippen LogP contribution < -0.4 is 10.6 Å². The third-order valence-electron chi connectivity index (χ3n) is 6.66. The van der Waals surface area contributed by atoms with Gasteiger partial charge in [-0.25, -0.2) is 8.78 Å². The predicted octanol–water partition coefficient (Wildman–Crippen LogP) is 4.52. The maximum Gasteiger partial charge on any atom is 0.217 e. The second-order valence-corrected chi connectivity index (χ2v) is 9.50. The number of aliphatic hydroxyl groups excluding tert-OH is 1. The highest BCUT2D eigenvalue weighted by molar-refractivity contribution is 6.00. The van der Waals surface area contributed by atoms with E-state index < -0.39 is 23.8 Å². The lowest BCUT2D eigenvalue weighted by molar-refractivity contribution is -0.120. The molecule has 0 aliphatic heterocycles. The molecule has 0 unspecified atom stereocenters. The number of rotatable bonds is 10. The predicted molar refractivity (Wildman–Crippen MR) is 134 cm³/mol. The van der Waals surface area contributed by atoms with Crippen LogP contribution in [-0.4, -0.2) is 35.5 Å². The van der Waals surface area contributed by atoms with E-state index in [4.69, 9.17) is 0 Å². The zero-order valence-corrected chi connectivity index (χ0v) is 20.4. The molecule has 3 aromatic carbocycles. The number of amides is 1. The summed E-state index contributed by atoms with van der Waals surface area (Å²) < 4.78 is 27.3. The van der Waals surface area contributed by atoms with Crippen LogP contribution in [0.3, 0.4) is 0 Å². The highest BCUT2D eigenvalue weighted by Crippen LogP contribution is 2.46. The van der Waals surface area contributed by atoms with Crippen molar-refractivity contribution in [3.8, 4) is 11.1 Å². The van der Waals surface area contributed by atoms with Crippen molar-refractivity contribution in [2.45, 2.75) is 50.8 Å². The van der Waals surface area contributed by atoms with Crippen LogP contribution in [0, 0.1) is 11.6 Å². The Morgan fingerprint density at radius 3 is 2.31 bits per heavy atom. The minimum Gasteiger partial charge on any atom is -0.390 e. The number of aliphatic hydroxyl groups is 1. The SMILES string of the molecule is CC(=O)N[C@@H](Cc1cc(F)cc(F)c1)[C@H](O)CNC1(c2cccc(-c3ccccc3C(C)=O)c2)CC1. The van der Waals surface area contributed by atoms with Gasteiger partial charge in [-0.15, -0.1) is 0 Å². The molecule has 5 nitrogen and oxygen atoms in total. The summed E-state index contributed by atoms with van der Waals surface area (Å²) in [6, 6.07) is 18.0. The Balaban J connectivity index is 1.50. The molecule has 0 bridgehead atoms. The second kappa shape index (κ2) is 10.7. The summed E-state index contributed by atoms with van der Waals surface area (Å²) in [5, 5.41) is 17.1. The van der Waals surface area contributed by atoms with Crippen LogP contribution in [0.25, 0.3) is 11.1 Å². The van der Waals surface area contributed by atoms with Crippen molar-refractivity contribution < 1.29 is 23.5 Å². The van der Waals surface area contributed by atoms with Crippen LogP contribution in [-0.2, 0) is 16.8 Å². The summed E-state index contributed by atoms with van der Waals surface area (Å²) in [7, 11) is 0. The molecule has 1 saturated carbocycles. The molecule has 2 atom stereocenters. The molecular formula is C29H30F2N2O3. The van der Waals surface area contributed by atoms with Gasteiger partial charge in [-0.3, -0.25) is 9.59 Å². The number of hydrogen-bond donors (Lipinski definition) is 3. The summed E-state index contributed by atoms with van der Waals surface area (Å²) in [5.41, 5.74) is 3.55. The Morgan fingerprint density at radius 1 is 0.972 bits per heavy atom. The van der Waals surface area contributed by atoms with Gasteiger partial charge in [-0.05, 0) is 66.6 Å². The fourth-order valence-corrected chi connectivity index (χ4v) is 4.69. The number of halogens is 2. The highest BCUT2D eigenvalue weighted by Gasteiger charge is 2.44. The first-order chi connectivity index (χ1) is 17.2. The lowest BCUT2D eigenvalue weighted by Crippen LogP contribution is -2.49. The molecule has 0 heterocycles. The first-order valence-corrected chi connectivity index (χ1v) is 12.0. The summed E-state index contributed by atoms with van der Waals surface area (Å²) >= 11 is 0. The minimum absolute atomic E-state index is 0.000535. The summed E-state index contributed by atoms with van der Waals surface area (Å²) in [6.45, 7) is 3.07. The van der Waals surface area contributed by atoms with Crippen LogP contribution in [0.5, 0.6) is 0 Å². The standard InChI is InChI=1S/C29H30F2N2O3/c1-18(34)25-8-3-4-9-26(25)21-6-5-7-22(15-21)29(10-11-29)32-17-28(36)27(33-19(2)35)14-20-12-23(30)16-24(31)13-20/h3-9,12-13,15-16,27-28,32,36H,10-11,14,17H2,1-2H3,(H,33,35)/t27-,28+/m0/s1. The average molecular weight is 493 g/mol. The van der Waals surface area contributed by atoms with Crippen molar-refractivity contribution in [3.05, 3.63) is 95.1 Å². The molecule has 3 N–H and O–H groups in total. The second-order valence-electron chi connectivity index (χ2n) is 9.50. The molecule has 1 aliphatic carbocycles. The number of benzene rings is 3. The van der Waals surface area contributed by atoms with Crippen LogP contribution in [0.1, 0.15) is 48.2 Å². The van der Waals surface area contributed by atoms with Crippen LogP contribution in [0.4, 0.5) is 8.78 Å². The van der Waals surface area contributed by atoms with E-state index in [1.165, 1.54) is 19.1 Å². The molecule has 36 heavy (non-hydrogen) atoms. The lowest BCUT2D eigenvalue weighted by Gasteiger charge is -2.27. The third-order valence-corrected chi connectivity index (χ3v) is 6.66. The first-order valence-electron chi connectivity index (χ1n) is 12.0. The van der Waals surface area contributed by atoms with Gasteiger partial charge in [-0.2, -0.15) is 0 Å². The Bertz CT molecular complexity index is 1250. The number of ketones is 1. The number of nitrogens with one attached hydrogen (secondary N) is 2. The molecule has 1 aliphatic rings. The molecule has 1 fully saturated rings. The van der Waals surface area contributed by atoms with Gasteiger partial charge in [0.25, 0.3) is 0 Å². The molecule has 4 rings (SSSR count). The van der Waals surface area contributed by atoms with Gasteiger partial charge in [0.2, 0.25) is 5.91 Å². The average Bonchev–Trinajstić information content (AvgIpc) is 3.62. The highest BCUT2D eigenvalue weighted by atomic mass is 19.1. The van der Waals surface area contributed by atoms with E-state index in [0.717, 1.165) is 35.6 Å². The van der Waals surface area contributed by atoms with Crippen molar-refractivity contribution in [1.29, 1.82) is 0 Å². The fourth-order valence-electron chi connectivity index (χ4n) is 4.69. The normalized spacial score (nSPS) is 15.7. The van der Waals surface area contributed by atoms with Gasteiger partial charge < -0.3 is 15.7 Å². The zero-order chi connectivity index (χ0) is 25.9. The number of hydrogen-bond acceptors (Lipinski definition) is 4. The molecule has 0 spiro atoms. The molecule has 0 saturated heterocycles. The largest absolute Gasteiger partial charge is 0.390 e. The van der Waals surface area contributed by atoms with E-state index in [9.17, 15) is 23.5 Å². The Hall–Kier alpha value is -3.42. The monoisotopic (exact) mass is 492 g/mol. The van der Waals surface area contributed by atoms with Crippen LogP contribution in [0.15, 0.2) is 66.7 Å². The Morgan fingerprint density at radius 2 is 1.67 bits per heavy atom. The number of Topliss-reactive ketones (excluding diaryl/α,β-unsaturated/α-hetero) is 1. The number of carbonyl (C=O) groups is 2. The van der Waals surface area contributed by atoms with E-state index in [2.05, 4.69) is 16.7 Å². The molecule has 188 valence electrons. The molecule has 0 radical (unpaired) electrons. The van der Waals surface area contributed by atoms with Crippen LogP contribution in [0.2, 0.25) is 0 Å². The van der Waals surface area contributed by atoms with Gasteiger partial charge >= 0.3 is 0 Å². The summed E-state index contributed by atoms with van der Waals surface area (Å²) in [4.78, 5) is 23.9. The smallest absolute Gasteiger partial charge is 0.217 e. The molecule has 3 aromatic rings. The van der Waals surface area contributed by atoms with Crippen molar-refractivity contribution in [1.82, 2.24) is 10.6 Å². The van der Waals surface area contributed by atoms with Gasteiger partial charge in [-0.1, -0.05) is 42.5 Å². The van der Waals surface area contributed by atoms with E-state index >= 15 is 0 Å². The van der Waals surface area contributed by atoms with Crippen molar-refractivity contribution in [2.24, 2.45) is 0 Å². The van der Waals surface area contributed by atoms with E-state index in [1.54, 1.807) is 6.92 Å². The number of carbonyl (C=O) groups excluding carboxylic acids is 2. The minimum atomic E-state index is -0.987. The van der Waals surface area contributed by atoms with Crippen LogP contribution >= 0.6 is 0 Å². The Kier molecular flexibility index (Phi) is 7.62. The fraction of sp³-hybridized carbons (Fsp3) is 0.310. The van der Waals surface area contributed by atoms with E-state index in [-0.39, 0.29) is 30.2 Å². The Labute approximate surface area is 209 Å². The topological polar surface area (TPSA) is 78.4 Å². The van der Waals surface area contributed by atoms with E-state index in [1.807, 2.05) is 42.5 Å². The van der Waals surface area contributed by atoms with Gasteiger partial charge in [0.05, 0.1) is 12.1 Å². The van der Waals surface area contributed by atoms with Crippen molar-refractivity contribution in [3.63, 3.8) is 0 Å². The van der Waals surface area contributed by atoms with Gasteiger partial charge in [0.1, 0.15) is 11.6 Å². The summed E-state index contributed by atoms with van der Waals surface area (Å²) in [5.74, 6) is -1.75. The summed E-state index contributed by atoms with van der Waals surface area (Å²) in [6.07, 6.45) is 0.843. The lowest BCUT2D eigenvalue weighted by atomic mass is 9.93. The maximum atomic E-state index is 13.6.